The largest absolute Gasteiger partial charge is 0.466 e. The molecule has 18 heavy (non-hydrogen) atoms. The van der Waals surface area contributed by atoms with Crippen molar-refractivity contribution in [3.63, 3.8) is 0 Å². The zero-order valence-electron chi connectivity index (χ0n) is 10.4. The topological polar surface area (TPSA) is 44.1 Å². The molecule has 1 rings (SSSR count). The number of hydrogen-bond donors (Lipinski definition) is 0. The summed E-state index contributed by atoms with van der Waals surface area (Å²) in [7, 11) is 0. The van der Waals surface area contributed by atoms with Crippen LogP contribution in [0, 0.1) is 13.8 Å². The molecule has 0 amide bonds. The van der Waals surface area contributed by atoms with Gasteiger partial charge in [0.25, 0.3) is 0 Å². The van der Waals surface area contributed by atoms with Crippen LogP contribution >= 0.6 is 0 Å². The SMILES string of the molecule is CCOC(=O)CC(n1nc(C)cc1C)C(F)(F)F. The van der Waals surface area contributed by atoms with Crippen molar-refractivity contribution in [3.05, 3.63) is 17.5 Å². The highest BCUT2D eigenvalue weighted by molar-refractivity contribution is 5.70. The van der Waals surface area contributed by atoms with Crippen LogP contribution in [0.5, 0.6) is 0 Å². The fourth-order valence-electron chi connectivity index (χ4n) is 1.68. The van der Waals surface area contributed by atoms with E-state index in [9.17, 15) is 18.0 Å². The zero-order valence-corrected chi connectivity index (χ0v) is 10.4. The summed E-state index contributed by atoms with van der Waals surface area (Å²) in [4.78, 5) is 11.2. The van der Waals surface area contributed by atoms with Crippen molar-refractivity contribution in [3.8, 4) is 0 Å². The highest BCUT2D eigenvalue weighted by Crippen LogP contribution is 2.34. The average molecular weight is 264 g/mol. The third-order valence-electron chi connectivity index (χ3n) is 2.38. The number of ether oxygens (including phenoxy) is 1. The minimum atomic E-state index is -4.55. The van der Waals surface area contributed by atoms with Gasteiger partial charge >= 0.3 is 12.1 Å². The maximum Gasteiger partial charge on any atom is 0.411 e. The van der Waals surface area contributed by atoms with Gasteiger partial charge in [-0.1, -0.05) is 0 Å². The Labute approximate surface area is 103 Å². The van der Waals surface area contributed by atoms with Gasteiger partial charge in [-0.05, 0) is 26.8 Å². The summed E-state index contributed by atoms with van der Waals surface area (Å²) in [5.41, 5.74) is 0.838. The van der Waals surface area contributed by atoms with E-state index in [1.165, 1.54) is 13.0 Å². The van der Waals surface area contributed by atoms with Crippen molar-refractivity contribution in [2.24, 2.45) is 0 Å². The number of carbonyl (C=O) groups is 1. The Morgan fingerprint density at radius 3 is 2.50 bits per heavy atom. The smallest absolute Gasteiger partial charge is 0.411 e. The minimum absolute atomic E-state index is 0.0561. The van der Waals surface area contributed by atoms with Gasteiger partial charge in [0.15, 0.2) is 6.04 Å². The molecule has 1 aromatic heterocycles. The van der Waals surface area contributed by atoms with E-state index in [0.717, 1.165) is 4.68 Å². The number of carbonyl (C=O) groups excluding carboxylic acids is 1. The van der Waals surface area contributed by atoms with Gasteiger partial charge in [0.1, 0.15) is 0 Å². The van der Waals surface area contributed by atoms with Crippen molar-refractivity contribution in [2.45, 2.75) is 39.4 Å². The van der Waals surface area contributed by atoms with Crippen LogP contribution in [0.4, 0.5) is 13.2 Å². The summed E-state index contributed by atoms with van der Waals surface area (Å²) in [5, 5.41) is 3.78. The van der Waals surface area contributed by atoms with Crippen LogP contribution in [0.2, 0.25) is 0 Å². The summed E-state index contributed by atoms with van der Waals surface area (Å²) in [6, 6.07) is -0.450. The van der Waals surface area contributed by atoms with E-state index in [1.54, 1.807) is 13.8 Å². The first-order chi connectivity index (χ1) is 8.25. The molecule has 4 nitrogen and oxygen atoms in total. The average Bonchev–Trinajstić information content (AvgIpc) is 2.53. The number of halogens is 3. The third-order valence-corrected chi connectivity index (χ3v) is 2.38. The highest BCUT2D eigenvalue weighted by atomic mass is 19.4. The van der Waals surface area contributed by atoms with Crippen molar-refractivity contribution >= 4 is 5.97 Å². The molecule has 0 bridgehead atoms. The van der Waals surface area contributed by atoms with Crippen molar-refractivity contribution < 1.29 is 22.7 Å². The van der Waals surface area contributed by atoms with Crippen LogP contribution < -0.4 is 0 Å². The Morgan fingerprint density at radius 1 is 1.50 bits per heavy atom. The molecule has 1 unspecified atom stereocenters. The molecule has 0 saturated heterocycles. The summed E-state index contributed by atoms with van der Waals surface area (Å²) < 4.78 is 44.2. The standard InChI is InChI=1S/C11H15F3N2O2/c1-4-18-10(17)6-9(11(12,13)14)16-8(3)5-7(2)15-16/h5,9H,4,6H2,1-3H3. The van der Waals surface area contributed by atoms with Crippen LogP contribution in [-0.2, 0) is 9.53 Å². The predicted molar refractivity (Wildman–Crippen MR) is 58.0 cm³/mol. The maximum absolute atomic E-state index is 12.9. The quantitative estimate of drug-likeness (QED) is 0.785. The first kappa shape index (κ1) is 14.5. The molecule has 0 saturated carbocycles. The first-order valence-corrected chi connectivity index (χ1v) is 5.50. The van der Waals surface area contributed by atoms with Gasteiger partial charge < -0.3 is 4.74 Å². The van der Waals surface area contributed by atoms with E-state index in [1.807, 2.05) is 0 Å². The van der Waals surface area contributed by atoms with E-state index in [4.69, 9.17) is 0 Å². The fourth-order valence-corrected chi connectivity index (χ4v) is 1.68. The van der Waals surface area contributed by atoms with E-state index in [2.05, 4.69) is 9.84 Å². The van der Waals surface area contributed by atoms with Crippen LogP contribution in [-0.4, -0.2) is 28.5 Å². The molecular formula is C11H15F3N2O2. The van der Waals surface area contributed by atoms with Gasteiger partial charge in [-0.25, -0.2) is 0 Å². The van der Waals surface area contributed by atoms with Crippen molar-refractivity contribution in [1.82, 2.24) is 9.78 Å². The third kappa shape index (κ3) is 3.48. The van der Waals surface area contributed by atoms with Gasteiger partial charge in [-0.2, -0.15) is 18.3 Å². The van der Waals surface area contributed by atoms with E-state index >= 15 is 0 Å². The Bertz CT molecular complexity index is 426. The summed E-state index contributed by atoms with van der Waals surface area (Å²) in [6.45, 7) is 4.72. The van der Waals surface area contributed by atoms with E-state index in [-0.39, 0.29) is 6.61 Å². The van der Waals surface area contributed by atoms with Gasteiger partial charge in [-0.15, -0.1) is 0 Å². The Hall–Kier alpha value is -1.53. The molecule has 0 spiro atoms. The van der Waals surface area contributed by atoms with Crippen LogP contribution in [0.3, 0.4) is 0 Å². The van der Waals surface area contributed by atoms with Gasteiger partial charge in [0.2, 0.25) is 0 Å². The molecule has 0 radical (unpaired) electrons. The molecule has 7 heteroatoms. The monoisotopic (exact) mass is 264 g/mol. The molecular weight excluding hydrogens is 249 g/mol. The number of aromatic nitrogens is 2. The van der Waals surface area contributed by atoms with Gasteiger partial charge in [-0.3, -0.25) is 9.48 Å². The number of rotatable bonds is 4. The molecule has 0 fully saturated rings. The lowest BCUT2D eigenvalue weighted by Crippen LogP contribution is -2.31. The lowest BCUT2D eigenvalue weighted by molar-refractivity contribution is -0.181. The maximum atomic E-state index is 12.9. The second kappa shape index (κ2) is 5.41. The second-order valence-electron chi connectivity index (χ2n) is 3.94. The van der Waals surface area contributed by atoms with E-state index < -0.39 is 24.6 Å². The summed E-state index contributed by atoms with van der Waals surface area (Å²) in [6.07, 6.45) is -5.31. The molecule has 1 heterocycles. The Balaban J connectivity index is 3.00. The fraction of sp³-hybridized carbons (Fsp3) is 0.636. The molecule has 102 valence electrons. The predicted octanol–water partition coefficient (Wildman–Crippen LogP) is 2.56. The van der Waals surface area contributed by atoms with Crippen LogP contribution in [0.1, 0.15) is 30.8 Å². The van der Waals surface area contributed by atoms with Gasteiger partial charge in [0.05, 0.1) is 18.7 Å². The number of nitrogens with zero attached hydrogens (tertiary/aromatic N) is 2. The number of alkyl halides is 3. The van der Waals surface area contributed by atoms with E-state index in [0.29, 0.717) is 11.4 Å². The molecule has 0 aromatic carbocycles. The molecule has 0 aliphatic rings. The summed E-state index contributed by atoms with van der Waals surface area (Å²) in [5.74, 6) is -0.882. The number of aryl methyl sites for hydroxylation is 2. The highest BCUT2D eigenvalue weighted by Gasteiger charge is 2.43. The number of hydrogen-bond acceptors (Lipinski definition) is 3. The molecule has 0 aliphatic carbocycles. The lowest BCUT2D eigenvalue weighted by atomic mass is 10.2. The summed E-state index contributed by atoms with van der Waals surface area (Å²) >= 11 is 0. The minimum Gasteiger partial charge on any atom is -0.466 e. The molecule has 0 aliphatic heterocycles. The zero-order chi connectivity index (χ0) is 13.9. The molecule has 1 aromatic rings. The normalized spacial score (nSPS) is 13.4. The Morgan fingerprint density at radius 2 is 2.11 bits per heavy atom. The molecule has 1 atom stereocenters. The van der Waals surface area contributed by atoms with Crippen LogP contribution in [0.25, 0.3) is 0 Å². The van der Waals surface area contributed by atoms with Gasteiger partial charge in [0, 0.05) is 5.69 Å². The second-order valence-corrected chi connectivity index (χ2v) is 3.94. The molecule has 0 N–H and O–H groups in total. The van der Waals surface area contributed by atoms with Crippen LogP contribution in [0.15, 0.2) is 6.07 Å². The first-order valence-electron chi connectivity index (χ1n) is 5.50. The Kier molecular flexibility index (Phi) is 4.37. The number of esters is 1. The van der Waals surface area contributed by atoms with Crippen molar-refractivity contribution in [2.75, 3.05) is 6.61 Å². The van der Waals surface area contributed by atoms with Crippen molar-refractivity contribution in [1.29, 1.82) is 0 Å². The lowest BCUT2D eigenvalue weighted by Gasteiger charge is -2.21.